The molecular weight excluding hydrogens is 391 g/mol. The number of hydrogen-bond acceptors (Lipinski definition) is 4. The number of hydrogen-bond donors (Lipinski definition) is 4. The summed E-state index contributed by atoms with van der Waals surface area (Å²) in [5, 5.41) is 22.9. The summed E-state index contributed by atoms with van der Waals surface area (Å²) in [4.78, 5) is 0. The second-order valence-electron chi connectivity index (χ2n) is 7.95. The number of halogens is 3. The topological polar surface area (TPSA) is 56.3 Å². The van der Waals surface area contributed by atoms with Crippen molar-refractivity contribution in [1.29, 1.82) is 0 Å². The minimum atomic E-state index is -4.50. The summed E-state index contributed by atoms with van der Waals surface area (Å²) in [7, 11) is 0. The van der Waals surface area contributed by atoms with Gasteiger partial charge in [0.05, 0.1) is 11.3 Å². The fourth-order valence-corrected chi connectivity index (χ4v) is 4.31. The fourth-order valence-electron chi connectivity index (χ4n) is 4.31. The van der Waals surface area contributed by atoms with Crippen molar-refractivity contribution < 1.29 is 18.3 Å². The highest BCUT2D eigenvalue weighted by molar-refractivity contribution is 5.71. The van der Waals surface area contributed by atoms with Crippen LogP contribution in [0, 0.1) is 6.92 Å². The summed E-state index contributed by atoms with van der Waals surface area (Å²) in [5.41, 5.74) is 2.29. The van der Waals surface area contributed by atoms with Crippen molar-refractivity contribution in [3.05, 3.63) is 63.5 Å². The quantitative estimate of drug-likeness (QED) is 0.619. The Kier molecular flexibility index (Phi) is 5.64. The summed E-state index contributed by atoms with van der Waals surface area (Å²) in [6.45, 7) is 4.55. The van der Waals surface area contributed by atoms with Gasteiger partial charge in [-0.15, -0.1) is 0 Å². The highest BCUT2D eigenvalue weighted by atomic mass is 19.4. The van der Waals surface area contributed by atoms with Crippen LogP contribution in [0.3, 0.4) is 0 Å². The third-order valence-corrected chi connectivity index (χ3v) is 5.79. The molecule has 0 amide bonds. The van der Waals surface area contributed by atoms with Crippen molar-refractivity contribution in [2.24, 2.45) is 0 Å². The van der Waals surface area contributed by atoms with Gasteiger partial charge < -0.3 is 21.1 Å². The Morgan fingerprint density at radius 3 is 2.67 bits per heavy atom. The fraction of sp³-hybridized carbons (Fsp3) is 0.391. The predicted octanol–water partition coefficient (Wildman–Crippen LogP) is 2.32. The number of piperidine rings is 1. The van der Waals surface area contributed by atoms with Gasteiger partial charge >= 0.3 is 6.18 Å². The molecule has 4 N–H and O–H groups in total. The number of rotatable bonds is 3. The van der Waals surface area contributed by atoms with Crippen molar-refractivity contribution in [3.63, 3.8) is 0 Å². The molecule has 0 aliphatic carbocycles. The summed E-state index contributed by atoms with van der Waals surface area (Å²) in [5.74, 6) is -0.380. The van der Waals surface area contributed by atoms with Crippen molar-refractivity contribution >= 4 is 11.4 Å². The summed E-state index contributed by atoms with van der Waals surface area (Å²) >= 11 is 0. The maximum absolute atomic E-state index is 13.0. The van der Waals surface area contributed by atoms with Crippen LogP contribution >= 0.6 is 0 Å². The van der Waals surface area contributed by atoms with Gasteiger partial charge in [-0.1, -0.05) is 18.2 Å². The Bertz CT molecular complexity index is 1060. The Hall–Kier alpha value is -2.67. The highest BCUT2D eigenvalue weighted by Gasteiger charge is 2.31. The van der Waals surface area contributed by atoms with E-state index in [0.717, 1.165) is 66.2 Å². The van der Waals surface area contributed by atoms with Crippen molar-refractivity contribution in [3.8, 4) is 5.75 Å². The molecule has 1 saturated heterocycles. The molecular formula is C23H26F3N3O. The van der Waals surface area contributed by atoms with E-state index in [0.29, 0.717) is 23.8 Å². The molecule has 2 aliphatic rings. The number of nitrogens with one attached hydrogen (secondary N) is 3. The molecule has 4 nitrogen and oxygen atoms in total. The van der Waals surface area contributed by atoms with Crippen LogP contribution < -0.4 is 26.4 Å². The molecule has 0 spiro atoms. The first kappa shape index (κ1) is 20.6. The van der Waals surface area contributed by atoms with Crippen LogP contribution in [0.15, 0.2) is 36.4 Å². The van der Waals surface area contributed by atoms with Crippen LogP contribution in [0.1, 0.15) is 36.0 Å². The molecule has 1 unspecified atom stereocenters. The van der Waals surface area contributed by atoms with Crippen molar-refractivity contribution in [1.82, 2.24) is 16.0 Å². The number of phenols is 1. The van der Waals surface area contributed by atoms with E-state index in [-0.39, 0.29) is 5.75 Å². The lowest BCUT2D eigenvalue weighted by atomic mass is 10.0. The second kappa shape index (κ2) is 8.22. The zero-order chi connectivity index (χ0) is 21.3. The van der Waals surface area contributed by atoms with Gasteiger partial charge in [-0.2, -0.15) is 13.2 Å². The van der Waals surface area contributed by atoms with Gasteiger partial charge in [-0.3, -0.25) is 0 Å². The van der Waals surface area contributed by atoms with Crippen LogP contribution in [0.4, 0.5) is 13.2 Å². The van der Waals surface area contributed by atoms with E-state index in [9.17, 15) is 18.3 Å². The maximum atomic E-state index is 13.0. The third-order valence-electron chi connectivity index (χ3n) is 5.79. The van der Waals surface area contributed by atoms with Gasteiger partial charge in [-0.05, 0) is 50.1 Å². The van der Waals surface area contributed by atoms with Crippen LogP contribution in [-0.2, 0) is 6.18 Å². The lowest BCUT2D eigenvalue weighted by Gasteiger charge is -2.26. The summed E-state index contributed by atoms with van der Waals surface area (Å²) < 4.78 is 39.1. The molecule has 7 heteroatoms. The molecule has 2 aliphatic heterocycles. The smallest absolute Gasteiger partial charge is 0.416 e. The molecule has 0 saturated carbocycles. The van der Waals surface area contributed by atoms with Gasteiger partial charge in [-0.25, -0.2) is 0 Å². The molecule has 2 aromatic carbocycles. The van der Waals surface area contributed by atoms with Crippen LogP contribution in [-0.4, -0.2) is 30.8 Å². The first-order chi connectivity index (χ1) is 14.3. The lowest BCUT2D eigenvalue weighted by molar-refractivity contribution is -0.137. The normalized spacial score (nSPS) is 19.7. The Morgan fingerprint density at radius 1 is 1.13 bits per heavy atom. The first-order valence-electron chi connectivity index (χ1n) is 10.3. The summed E-state index contributed by atoms with van der Waals surface area (Å²) in [6, 6.07) is 9.52. The average molecular weight is 417 g/mol. The minimum Gasteiger partial charge on any atom is -0.507 e. The van der Waals surface area contributed by atoms with Crippen molar-refractivity contribution in [2.75, 3.05) is 19.6 Å². The van der Waals surface area contributed by atoms with Gasteiger partial charge in [0, 0.05) is 47.2 Å². The zero-order valence-electron chi connectivity index (χ0n) is 16.9. The maximum Gasteiger partial charge on any atom is 0.416 e. The average Bonchev–Trinajstić information content (AvgIpc) is 2.89. The van der Waals surface area contributed by atoms with E-state index in [2.05, 4.69) is 16.0 Å². The predicted molar refractivity (Wildman–Crippen MR) is 111 cm³/mol. The molecule has 1 atom stereocenters. The molecule has 4 rings (SSSR count). The molecule has 2 aromatic rings. The van der Waals surface area contributed by atoms with Crippen LogP contribution in [0.5, 0.6) is 5.75 Å². The number of phenolic OH excluding ortho intramolecular Hbond substituents is 1. The van der Waals surface area contributed by atoms with Gasteiger partial charge in [0.2, 0.25) is 0 Å². The standard InChI is InChI=1S/C23H26F3N3O/c1-14-4-2-6-17-19(29-16-5-3-10-27-13-16)9-11-28-22(21(14)17)18-8-7-15(12-20(18)30)23(24,25)26/h2,4,6-8,12,16,27-30H,3,5,9-11,13H2,1H3. The SMILES string of the molecule is Cc1cccc2c1=C(c1ccc(C(F)(F)F)cc1O)NCCC=2NC1CCCNC1. The molecule has 1 fully saturated rings. The molecule has 2 heterocycles. The monoisotopic (exact) mass is 417 g/mol. The van der Waals surface area contributed by atoms with Crippen LogP contribution in [0.25, 0.3) is 11.4 Å². The molecule has 160 valence electrons. The van der Waals surface area contributed by atoms with E-state index >= 15 is 0 Å². The largest absolute Gasteiger partial charge is 0.507 e. The number of alkyl halides is 3. The molecule has 0 bridgehead atoms. The molecule has 0 radical (unpaired) electrons. The van der Waals surface area contributed by atoms with Gasteiger partial charge in [0.15, 0.2) is 0 Å². The third kappa shape index (κ3) is 4.12. The van der Waals surface area contributed by atoms with E-state index in [4.69, 9.17) is 0 Å². The first-order valence-corrected chi connectivity index (χ1v) is 10.3. The van der Waals surface area contributed by atoms with E-state index in [1.54, 1.807) is 0 Å². The Labute approximate surface area is 173 Å². The number of benzene rings is 2. The lowest BCUT2D eigenvalue weighted by Crippen LogP contribution is -2.45. The van der Waals surface area contributed by atoms with Crippen LogP contribution in [0.2, 0.25) is 0 Å². The number of aryl methyl sites for hydroxylation is 1. The van der Waals surface area contributed by atoms with Crippen molar-refractivity contribution in [2.45, 2.75) is 38.4 Å². The molecule has 0 aromatic heterocycles. The second-order valence-corrected chi connectivity index (χ2v) is 7.95. The van der Waals surface area contributed by atoms with E-state index < -0.39 is 11.7 Å². The Balaban J connectivity index is 1.88. The van der Waals surface area contributed by atoms with Gasteiger partial charge in [0.25, 0.3) is 0 Å². The molecule has 30 heavy (non-hydrogen) atoms. The van der Waals surface area contributed by atoms with Gasteiger partial charge in [0.1, 0.15) is 5.75 Å². The minimum absolute atomic E-state index is 0.350. The van der Waals surface area contributed by atoms with E-state index in [1.807, 2.05) is 25.1 Å². The van der Waals surface area contributed by atoms with E-state index in [1.165, 1.54) is 6.07 Å². The highest BCUT2D eigenvalue weighted by Crippen LogP contribution is 2.34. The number of fused-ring (bicyclic) bond motifs is 1. The zero-order valence-corrected chi connectivity index (χ0v) is 16.9. The number of aromatic hydroxyl groups is 1. The summed E-state index contributed by atoms with van der Waals surface area (Å²) in [6.07, 6.45) is -1.51. The Morgan fingerprint density at radius 2 is 1.97 bits per heavy atom.